The Hall–Kier alpha value is -2.65. The van der Waals surface area contributed by atoms with E-state index in [9.17, 15) is 9.59 Å². The number of rotatable bonds is 7. The molecule has 4 rings (SSSR count). The van der Waals surface area contributed by atoms with Crippen LogP contribution >= 0.6 is 11.3 Å². The topological polar surface area (TPSA) is 84.0 Å². The summed E-state index contributed by atoms with van der Waals surface area (Å²) >= 11 is 1.37. The van der Waals surface area contributed by atoms with Gasteiger partial charge in [0.2, 0.25) is 5.91 Å². The number of hydrogen-bond donors (Lipinski definition) is 1. The summed E-state index contributed by atoms with van der Waals surface area (Å²) in [6.07, 6.45) is 3.59. The Labute approximate surface area is 198 Å². The lowest BCUT2D eigenvalue weighted by Crippen LogP contribution is -2.48. The number of methoxy groups -OCH3 is 2. The van der Waals surface area contributed by atoms with Gasteiger partial charge in [-0.1, -0.05) is 0 Å². The van der Waals surface area contributed by atoms with E-state index in [1.54, 1.807) is 19.7 Å². The lowest BCUT2D eigenvalue weighted by molar-refractivity contribution is -0.133. The monoisotopic (exact) mass is 472 g/mol. The largest absolute Gasteiger partial charge is 0.497 e. The lowest BCUT2D eigenvalue weighted by atomic mass is 10.0. The molecule has 3 heterocycles. The molecule has 33 heavy (non-hydrogen) atoms. The van der Waals surface area contributed by atoms with Gasteiger partial charge in [-0.05, 0) is 44.7 Å². The average Bonchev–Trinajstić information content (AvgIpc) is 3.49. The van der Waals surface area contributed by atoms with Crippen LogP contribution in [0.3, 0.4) is 0 Å². The average molecular weight is 473 g/mol. The molecule has 0 aliphatic carbocycles. The molecular weight excluding hydrogens is 440 g/mol. The van der Waals surface area contributed by atoms with Crippen molar-refractivity contribution in [2.24, 2.45) is 0 Å². The summed E-state index contributed by atoms with van der Waals surface area (Å²) in [6.45, 7) is 4.61. The zero-order chi connectivity index (χ0) is 23.4. The van der Waals surface area contributed by atoms with Crippen molar-refractivity contribution in [2.45, 2.75) is 44.7 Å². The molecule has 2 aliphatic rings. The SMILES string of the molecule is COc1ccc(C2CCCN2C(=O)CN2CCC(NC(=O)c3scnc3C)CC2)c(OC)c1. The highest BCUT2D eigenvalue weighted by Gasteiger charge is 2.33. The first-order valence-electron chi connectivity index (χ1n) is 11.4. The van der Waals surface area contributed by atoms with Gasteiger partial charge in [0.05, 0.1) is 38.0 Å². The van der Waals surface area contributed by atoms with Gasteiger partial charge in [-0.25, -0.2) is 4.98 Å². The molecule has 2 fully saturated rings. The molecule has 2 aromatic rings. The zero-order valence-electron chi connectivity index (χ0n) is 19.5. The molecule has 178 valence electrons. The molecule has 1 aromatic carbocycles. The van der Waals surface area contributed by atoms with Gasteiger partial charge < -0.3 is 19.7 Å². The Bertz CT molecular complexity index is 987. The summed E-state index contributed by atoms with van der Waals surface area (Å²) in [7, 11) is 3.29. The fraction of sp³-hybridized carbons (Fsp3) is 0.542. The number of carbonyl (C=O) groups is 2. The second kappa shape index (κ2) is 10.5. The van der Waals surface area contributed by atoms with Crippen LogP contribution < -0.4 is 14.8 Å². The molecule has 9 heteroatoms. The Kier molecular flexibility index (Phi) is 7.49. The third-order valence-corrected chi connectivity index (χ3v) is 7.53. The van der Waals surface area contributed by atoms with E-state index >= 15 is 0 Å². The fourth-order valence-electron chi connectivity index (χ4n) is 4.77. The highest BCUT2D eigenvalue weighted by molar-refractivity contribution is 7.11. The Balaban J connectivity index is 1.31. The zero-order valence-corrected chi connectivity index (χ0v) is 20.3. The van der Waals surface area contributed by atoms with Crippen LogP contribution in [0.15, 0.2) is 23.7 Å². The second-order valence-electron chi connectivity index (χ2n) is 8.64. The number of nitrogens with zero attached hydrogens (tertiary/aromatic N) is 3. The van der Waals surface area contributed by atoms with Crippen LogP contribution in [-0.2, 0) is 4.79 Å². The summed E-state index contributed by atoms with van der Waals surface area (Å²) in [6, 6.07) is 5.97. The van der Waals surface area contributed by atoms with Gasteiger partial charge in [0.1, 0.15) is 16.4 Å². The van der Waals surface area contributed by atoms with Crippen LogP contribution in [0.1, 0.15) is 52.7 Å². The third kappa shape index (κ3) is 5.30. The fourth-order valence-corrected chi connectivity index (χ4v) is 5.48. The quantitative estimate of drug-likeness (QED) is 0.667. The maximum Gasteiger partial charge on any atom is 0.263 e. The van der Waals surface area contributed by atoms with Crippen molar-refractivity contribution in [1.82, 2.24) is 20.1 Å². The predicted octanol–water partition coefficient (Wildman–Crippen LogP) is 3.03. The number of ether oxygens (including phenoxy) is 2. The van der Waals surface area contributed by atoms with Crippen molar-refractivity contribution in [2.75, 3.05) is 40.4 Å². The van der Waals surface area contributed by atoms with Gasteiger partial charge in [-0.15, -0.1) is 11.3 Å². The van der Waals surface area contributed by atoms with Gasteiger partial charge >= 0.3 is 0 Å². The molecule has 0 saturated carbocycles. The number of thiazole rings is 1. The number of piperidine rings is 1. The van der Waals surface area contributed by atoms with Crippen LogP contribution in [0.2, 0.25) is 0 Å². The molecule has 0 bridgehead atoms. The van der Waals surface area contributed by atoms with E-state index in [0.717, 1.165) is 68.1 Å². The van der Waals surface area contributed by atoms with Gasteiger partial charge in [0.25, 0.3) is 5.91 Å². The van der Waals surface area contributed by atoms with Crippen molar-refractivity contribution in [3.05, 3.63) is 39.8 Å². The molecule has 1 N–H and O–H groups in total. The minimum absolute atomic E-state index is 0.0258. The summed E-state index contributed by atoms with van der Waals surface area (Å²) in [5, 5.41) is 3.13. The van der Waals surface area contributed by atoms with Crippen LogP contribution in [0.5, 0.6) is 11.5 Å². The highest BCUT2D eigenvalue weighted by Crippen LogP contribution is 2.38. The number of nitrogens with one attached hydrogen (secondary N) is 1. The number of aryl methyl sites for hydroxylation is 1. The van der Waals surface area contributed by atoms with E-state index in [-0.39, 0.29) is 23.9 Å². The number of likely N-dealkylation sites (tertiary alicyclic amines) is 2. The van der Waals surface area contributed by atoms with E-state index in [2.05, 4.69) is 15.2 Å². The van der Waals surface area contributed by atoms with Crippen molar-refractivity contribution in [3.63, 3.8) is 0 Å². The molecular formula is C24H32N4O4S. The summed E-state index contributed by atoms with van der Waals surface area (Å²) < 4.78 is 10.9. The molecule has 2 amide bonds. The summed E-state index contributed by atoms with van der Waals surface area (Å²) in [5.41, 5.74) is 3.50. The third-order valence-electron chi connectivity index (χ3n) is 6.61. The molecule has 1 unspecified atom stereocenters. The molecule has 1 atom stereocenters. The van der Waals surface area contributed by atoms with Crippen molar-refractivity contribution in [3.8, 4) is 11.5 Å². The summed E-state index contributed by atoms with van der Waals surface area (Å²) in [5.74, 6) is 1.61. The van der Waals surface area contributed by atoms with E-state index in [1.807, 2.05) is 30.0 Å². The predicted molar refractivity (Wildman–Crippen MR) is 127 cm³/mol. The minimum Gasteiger partial charge on any atom is -0.497 e. The van der Waals surface area contributed by atoms with E-state index in [4.69, 9.17) is 9.47 Å². The number of amides is 2. The maximum absolute atomic E-state index is 13.2. The van der Waals surface area contributed by atoms with Gasteiger partial charge in [-0.2, -0.15) is 0 Å². The number of hydrogen-bond acceptors (Lipinski definition) is 7. The van der Waals surface area contributed by atoms with Crippen LogP contribution in [0, 0.1) is 6.92 Å². The van der Waals surface area contributed by atoms with Crippen LogP contribution in [0.25, 0.3) is 0 Å². The van der Waals surface area contributed by atoms with E-state index in [0.29, 0.717) is 11.4 Å². The Morgan fingerprint density at radius 2 is 1.94 bits per heavy atom. The normalized spacial score (nSPS) is 19.5. The van der Waals surface area contributed by atoms with E-state index in [1.165, 1.54) is 11.3 Å². The van der Waals surface area contributed by atoms with Crippen molar-refractivity contribution < 1.29 is 19.1 Å². The second-order valence-corrected chi connectivity index (χ2v) is 9.50. The molecule has 1 aromatic heterocycles. The lowest BCUT2D eigenvalue weighted by Gasteiger charge is -2.34. The Morgan fingerprint density at radius 3 is 2.61 bits per heavy atom. The molecule has 0 spiro atoms. The maximum atomic E-state index is 13.2. The van der Waals surface area contributed by atoms with Gasteiger partial charge in [0, 0.05) is 37.3 Å². The minimum atomic E-state index is -0.0436. The molecule has 0 radical (unpaired) electrons. The van der Waals surface area contributed by atoms with Crippen LogP contribution in [-0.4, -0.2) is 73.0 Å². The van der Waals surface area contributed by atoms with Crippen molar-refractivity contribution >= 4 is 23.2 Å². The molecule has 8 nitrogen and oxygen atoms in total. The standard InChI is InChI=1S/C24H32N4O4S/c1-16-23(33-15-25-16)24(30)26-17-8-11-27(12-9-17)14-22(29)28-10-4-5-20(28)19-7-6-18(31-2)13-21(19)32-3/h6-7,13,15,17,20H,4-5,8-12,14H2,1-3H3,(H,26,30). The molecule has 2 saturated heterocycles. The van der Waals surface area contributed by atoms with Crippen molar-refractivity contribution in [1.29, 1.82) is 0 Å². The first-order valence-corrected chi connectivity index (χ1v) is 12.3. The Morgan fingerprint density at radius 1 is 1.15 bits per heavy atom. The number of carbonyl (C=O) groups excluding carboxylic acids is 2. The van der Waals surface area contributed by atoms with Gasteiger partial charge in [0.15, 0.2) is 0 Å². The summed E-state index contributed by atoms with van der Waals surface area (Å²) in [4.78, 5) is 34.7. The first-order chi connectivity index (χ1) is 16.0. The van der Waals surface area contributed by atoms with E-state index < -0.39 is 0 Å². The van der Waals surface area contributed by atoms with Crippen LogP contribution in [0.4, 0.5) is 0 Å². The number of aromatic nitrogens is 1. The smallest absolute Gasteiger partial charge is 0.263 e. The van der Waals surface area contributed by atoms with Gasteiger partial charge in [-0.3, -0.25) is 14.5 Å². The molecule has 2 aliphatic heterocycles. The number of benzene rings is 1. The first kappa shape index (κ1) is 23.5. The highest BCUT2D eigenvalue weighted by atomic mass is 32.1.